The molecule has 96 valence electrons. The fraction of sp³-hybridized carbons (Fsp3) is 0.500. The molecule has 0 unspecified atom stereocenters. The Hall–Kier alpha value is -1.35. The molecule has 0 aliphatic rings. The number of benzene rings is 1. The Morgan fingerprint density at radius 3 is 2.18 bits per heavy atom. The largest absolute Gasteiger partial charge is 0.395 e. The first-order valence-corrected chi connectivity index (χ1v) is 6.14. The third-order valence-electron chi connectivity index (χ3n) is 2.24. The van der Waals surface area contributed by atoms with Crippen LogP contribution >= 0.6 is 0 Å². The van der Waals surface area contributed by atoms with Gasteiger partial charge in [-0.1, -0.05) is 39.8 Å². The summed E-state index contributed by atoms with van der Waals surface area (Å²) in [5, 5.41) is 11.2. The molecule has 0 aliphatic carbocycles. The number of carbonyl (C=O) groups excluding carboxylic acids is 1. The zero-order chi connectivity index (χ0) is 13.3. The monoisotopic (exact) mass is 237 g/mol. The van der Waals surface area contributed by atoms with E-state index in [1.54, 1.807) is 0 Å². The number of rotatable bonds is 4. The normalized spacial score (nSPS) is 9.53. The zero-order valence-corrected chi connectivity index (χ0v) is 11.2. The van der Waals surface area contributed by atoms with Crippen LogP contribution in [0.25, 0.3) is 0 Å². The lowest BCUT2D eigenvalue weighted by Crippen LogP contribution is -2.26. The minimum absolute atomic E-state index is 0.0319. The van der Waals surface area contributed by atoms with Crippen LogP contribution in [0.5, 0.6) is 0 Å². The third-order valence-corrected chi connectivity index (χ3v) is 2.24. The Labute approximate surface area is 104 Å². The minimum Gasteiger partial charge on any atom is -0.395 e. The van der Waals surface area contributed by atoms with Crippen LogP contribution in [0.4, 0.5) is 0 Å². The molecule has 0 saturated heterocycles. The van der Waals surface area contributed by atoms with Gasteiger partial charge in [-0.05, 0) is 23.6 Å². The quantitative estimate of drug-likeness (QED) is 0.845. The molecule has 0 bridgehead atoms. The van der Waals surface area contributed by atoms with E-state index in [0.717, 1.165) is 0 Å². The maximum absolute atomic E-state index is 11.5. The Bertz CT molecular complexity index is 317. The van der Waals surface area contributed by atoms with Crippen molar-refractivity contribution < 1.29 is 9.90 Å². The van der Waals surface area contributed by atoms with E-state index in [0.29, 0.717) is 18.0 Å². The van der Waals surface area contributed by atoms with Gasteiger partial charge in [-0.15, -0.1) is 0 Å². The Balaban J connectivity index is 0.00000121. The van der Waals surface area contributed by atoms with Gasteiger partial charge in [-0.3, -0.25) is 4.79 Å². The van der Waals surface area contributed by atoms with Gasteiger partial charge in [0, 0.05) is 12.1 Å². The number of carbonyl (C=O) groups is 1. The number of hydrogen-bond donors (Lipinski definition) is 2. The van der Waals surface area contributed by atoms with Crippen LogP contribution in [0.2, 0.25) is 0 Å². The summed E-state index contributed by atoms with van der Waals surface area (Å²) in [6, 6.07) is 7.53. The number of aliphatic hydroxyl groups is 1. The van der Waals surface area contributed by atoms with Crippen LogP contribution in [0.15, 0.2) is 24.3 Å². The predicted molar refractivity (Wildman–Crippen MR) is 71.3 cm³/mol. The predicted octanol–water partition coefficient (Wildman–Crippen LogP) is 2.56. The number of nitrogens with one attached hydrogen (secondary N) is 1. The van der Waals surface area contributed by atoms with Crippen LogP contribution in [0, 0.1) is 0 Å². The fourth-order valence-corrected chi connectivity index (χ4v) is 1.29. The molecule has 0 aliphatic heterocycles. The van der Waals surface area contributed by atoms with E-state index >= 15 is 0 Å². The highest BCUT2D eigenvalue weighted by Gasteiger charge is 2.05. The van der Waals surface area contributed by atoms with Gasteiger partial charge >= 0.3 is 0 Å². The summed E-state index contributed by atoms with van der Waals surface area (Å²) < 4.78 is 0. The molecule has 0 fully saturated rings. The molecule has 0 spiro atoms. The van der Waals surface area contributed by atoms with Crippen molar-refractivity contribution >= 4 is 5.91 Å². The second-order valence-corrected chi connectivity index (χ2v) is 3.76. The van der Waals surface area contributed by atoms with Crippen LogP contribution in [-0.2, 0) is 0 Å². The number of hydrogen-bond acceptors (Lipinski definition) is 2. The summed E-state index contributed by atoms with van der Waals surface area (Å²) in [4.78, 5) is 11.5. The standard InChI is InChI=1S/C12H17NO2.C2H6/c1-9(2)10-3-5-11(6-4-10)12(15)13-7-8-14;1-2/h3-6,9,14H,7-8H2,1-2H3,(H,13,15);1-2H3. The second kappa shape index (κ2) is 8.76. The Morgan fingerprint density at radius 1 is 1.24 bits per heavy atom. The van der Waals surface area contributed by atoms with Crippen molar-refractivity contribution in [3.63, 3.8) is 0 Å². The van der Waals surface area contributed by atoms with Gasteiger partial charge in [0.15, 0.2) is 0 Å². The summed E-state index contributed by atoms with van der Waals surface area (Å²) in [5.41, 5.74) is 1.85. The van der Waals surface area contributed by atoms with Crippen molar-refractivity contribution in [2.24, 2.45) is 0 Å². The zero-order valence-electron chi connectivity index (χ0n) is 11.2. The smallest absolute Gasteiger partial charge is 0.251 e. The van der Waals surface area contributed by atoms with Gasteiger partial charge in [0.2, 0.25) is 0 Å². The van der Waals surface area contributed by atoms with E-state index in [2.05, 4.69) is 19.2 Å². The van der Waals surface area contributed by atoms with Crippen LogP contribution < -0.4 is 5.32 Å². The van der Waals surface area contributed by atoms with Crippen molar-refractivity contribution in [1.82, 2.24) is 5.32 Å². The molecule has 3 nitrogen and oxygen atoms in total. The molecule has 2 N–H and O–H groups in total. The molecular formula is C14H23NO2. The van der Waals surface area contributed by atoms with Crippen molar-refractivity contribution in [2.45, 2.75) is 33.6 Å². The summed E-state index contributed by atoms with van der Waals surface area (Å²) in [5.74, 6) is 0.332. The maximum Gasteiger partial charge on any atom is 0.251 e. The molecule has 0 atom stereocenters. The highest BCUT2D eigenvalue weighted by Crippen LogP contribution is 2.14. The molecule has 1 amide bonds. The van der Waals surface area contributed by atoms with E-state index < -0.39 is 0 Å². The molecular weight excluding hydrogens is 214 g/mol. The molecule has 17 heavy (non-hydrogen) atoms. The summed E-state index contributed by atoms with van der Waals surface area (Å²) >= 11 is 0. The van der Waals surface area contributed by atoms with E-state index in [9.17, 15) is 4.79 Å². The summed E-state index contributed by atoms with van der Waals surface area (Å²) in [6.07, 6.45) is 0. The molecule has 1 aromatic rings. The van der Waals surface area contributed by atoms with Crippen LogP contribution in [-0.4, -0.2) is 24.2 Å². The fourth-order valence-electron chi connectivity index (χ4n) is 1.29. The summed E-state index contributed by atoms with van der Waals surface area (Å²) in [6.45, 7) is 8.49. The molecule has 0 aromatic heterocycles. The van der Waals surface area contributed by atoms with Gasteiger partial charge in [0.05, 0.1) is 6.61 Å². The number of amides is 1. The highest BCUT2D eigenvalue weighted by molar-refractivity contribution is 5.94. The van der Waals surface area contributed by atoms with Crippen molar-refractivity contribution in [3.05, 3.63) is 35.4 Å². The first-order valence-electron chi connectivity index (χ1n) is 6.14. The topological polar surface area (TPSA) is 49.3 Å². The SMILES string of the molecule is CC.CC(C)c1ccc(C(=O)NCCO)cc1. The van der Waals surface area contributed by atoms with Crippen molar-refractivity contribution in [2.75, 3.05) is 13.2 Å². The second-order valence-electron chi connectivity index (χ2n) is 3.76. The van der Waals surface area contributed by atoms with E-state index in [-0.39, 0.29) is 12.5 Å². The van der Waals surface area contributed by atoms with Gasteiger partial charge in [0.1, 0.15) is 0 Å². The lowest BCUT2D eigenvalue weighted by atomic mass is 10.0. The number of aliphatic hydroxyl groups excluding tert-OH is 1. The van der Waals surface area contributed by atoms with Gasteiger partial charge in [0.25, 0.3) is 5.91 Å². The molecule has 0 saturated carbocycles. The Kier molecular flexibility index (Phi) is 8.07. The Morgan fingerprint density at radius 2 is 1.76 bits per heavy atom. The average Bonchev–Trinajstić information content (AvgIpc) is 2.38. The van der Waals surface area contributed by atoms with Crippen LogP contribution in [0.3, 0.4) is 0 Å². The van der Waals surface area contributed by atoms with Gasteiger partial charge in [-0.25, -0.2) is 0 Å². The van der Waals surface area contributed by atoms with Gasteiger partial charge in [-0.2, -0.15) is 0 Å². The van der Waals surface area contributed by atoms with Crippen LogP contribution in [0.1, 0.15) is 49.5 Å². The van der Waals surface area contributed by atoms with E-state index in [4.69, 9.17) is 5.11 Å². The van der Waals surface area contributed by atoms with E-state index in [1.165, 1.54) is 5.56 Å². The first kappa shape index (κ1) is 15.7. The van der Waals surface area contributed by atoms with Crippen molar-refractivity contribution in [1.29, 1.82) is 0 Å². The molecule has 0 heterocycles. The average molecular weight is 237 g/mol. The molecule has 3 heteroatoms. The third kappa shape index (κ3) is 5.50. The first-order chi connectivity index (χ1) is 8.15. The highest BCUT2D eigenvalue weighted by atomic mass is 16.3. The molecule has 1 rings (SSSR count). The van der Waals surface area contributed by atoms with Gasteiger partial charge < -0.3 is 10.4 Å². The molecule has 0 radical (unpaired) electrons. The van der Waals surface area contributed by atoms with E-state index in [1.807, 2.05) is 38.1 Å². The lowest BCUT2D eigenvalue weighted by Gasteiger charge is -2.07. The summed E-state index contributed by atoms with van der Waals surface area (Å²) in [7, 11) is 0. The van der Waals surface area contributed by atoms with Crippen molar-refractivity contribution in [3.8, 4) is 0 Å². The molecule has 1 aromatic carbocycles. The lowest BCUT2D eigenvalue weighted by molar-refractivity contribution is 0.0945. The maximum atomic E-state index is 11.5. The minimum atomic E-state index is -0.139.